The van der Waals surface area contributed by atoms with E-state index < -0.39 is 0 Å². The molecule has 29 heavy (non-hydrogen) atoms. The molecule has 0 unspecified atom stereocenters. The van der Waals surface area contributed by atoms with Crippen molar-refractivity contribution in [3.05, 3.63) is 59.8 Å². The molecule has 1 aromatic carbocycles. The van der Waals surface area contributed by atoms with Crippen LogP contribution in [0.4, 0.5) is 5.82 Å². The molecule has 0 amide bonds. The number of benzene rings is 1. The second-order valence-corrected chi connectivity index (χ2v) is 7.13. The second kappa shape index (κ2) is 12.6. The number of aromatic nitrogens is 1. The number of nitrogens with one attached hydrogen (secondary N) is 2. The highest BCUT2D eigenvalue weighted by atomic mass is 127. The molecule has 0 spiro atoms. The smallest absolute Gasteiger partial charge is 0.191 e. The van der Waals surface area contributed by atoms with E-state index in [9.17, 15) is 0 Å². The lowest BCUT2D eigenvalue weighted by Gasteiger charge is -2.34. The van der Waals surface area contributed by atoms with Gasteiger partial charge in [0.2, 0.25) is 0 Å². The summed E-state index contributed by atoms with van der Waals surface area (Å²) in [5.74, 6) is 1.92. The minimum atomic E-state index is 0. The van der Waals surface area contributed by atoms with Crippen molar-refractivity contribution in [2.24, 2.45) is 4.99 Å². The highest BCUT2D eigenvalue weighted by molar-refractivity contribution is 14.0. The summed E-state index contributed by atoms with van der Waals surface area (Å²) in [6.07, 6.45) is 2.86. The Hall–Kier alpha value is -1.87. The fourth-order valence-electron chi connectivity index (χ4n) is 3.33. The van der Waals surface area contributed by atoms with Gasteiger partial charge in [-0.3, -0.25) is 0 Å². The van der Waals surface area contributed by atoms with Crippen molar-refractivity contribution in [3.8, 4) is 0 Å². The average molecular weight is 508 g/mol. The summed E-state index contributed by atoms with van der Waals surface area (Å²) >= 11 is 0. The summed E-state index contributed by atoms with van der Waals surface area (Å²) in [5, 5.41) is 6.78. The standard InChI is InChI=1S/C22H32N6.HI/c1-3-23-22(25-13-11-19-8-5-4-6-9-19)26-18-20-10-7-12-24-21(20)28-16-14-27(2)15-17-28;/h4-10,12H,3,11,13-18H2,1-2H3,(H2,23,25,26);1H. The minimum absolute atomic E-state index is 0. The van der Waals surface area contributed by atoms with Gasteiger partial charge in [-0.15, -0.1) is 24.0 Å². The molecule has 1 aliphatic heterocycles. The van der Waals surface area contributed by atoms with Gasteiger partial charge in [0, 0.05) is 51.0 Å². The van der Waals surface area contributed by atoms with Crippen LogP contribution in [0.2, 0.25) is 0 Å². The second-order valence-electron chi connectivity index (χ2n) is 7.13. The maximum Gasteiger partial charge on any atom is 0.191 e. The zero-order valence-electron chi connectivity index (χ0n) is 17.5. The lowest BCUT2D eigenvalue weighted by Crippen LogP contribution is -2.45. The van der Waals surface area contributed by atoms with Crippen LogP contribution < -0.4 is 15.5 Å². The fourth-order valence-corrected chi connectivity index (χ4v) is 3.33. The van der Waals surface area contributed by atoms with Crippen LogP contribution in [0.5, 0.6) is 0 Å². The van der Waals surface area contributed by atoms with E-state index in [0.29, 0.717) is 6.54 Å². The molecule has 0 aliphatic carbocycles. The Morgan fingerprint density at radius 2 is 1.79 bits per heavy atom. The van der Waals surface area contributed by atoms with Crippen molar-refractivity contribution in [1.82, 2.24) is 20.5 Å². The van der Waals surface area contributed by atoms with Crippen LogP contribution >= 0.6 is 24.0 Å². The first kappa shape index (κ1) is 23.4. The van der Waals surface area contributed by atoms with Gasteiger partial charge in [-0.25, -0.2) is 9.98 Å². The number of likely N-dealkylation sites (N-methyl/N-ethyl adjacent to an activating group) is 1. The number of halogens is 1. The molecule has 2 N–H and O–H groups in total. The van der Waals surface area contributed by atoms with Gasteiger partial charge in [-0.1, -0.05) is 36.4 Å². The number of guanidine groups is 1. The maximum atomic E-state index is 4.80. The molecule has 7 heteroatoms. The lowest BCUT2D eigenvalue weighted by molar-refractivity contribution is 0.312. The first-order valence-electron chi connectivity index (χ1n) is 10.2. The molecule has 1 fully saturated rings. The number of piperazine rings is 1. The van der Waals surface area contributed by atoms with Crippen LogP contribution in [0.3, 0.4) is 0 Å². The van der Waals surface area contributed by atoms with Crippen molar-refractivity contribution in [2.45, 2.75) is 19.9 Å². The summed E-state index contributed by atoms with van der Waals surface area (Å²) in [5.41, 5.74) is 2.50. The van der Waals surface area contributed by atoms with E-state index in [1.54, 1.807) is 0 Å². The van der Waals surface area contributed by atoms with Gasteiger partial charge < -0.3 is 20.4 Å². The topological polar surface area (TPSA) is 55.8 Å². The van der Waals surface area contributed by atoms with E-state index >= 15 is 0 Å². The minimum Gasteiger partial charge on any atom is -0.357 e. The molecule has 2 heterocycles. The van der Waals surface area contributed by atoms with Crippen LogP contribution in [0, 0.1) is 0 Å². The number of anilines is 1. The Morgan fingerprint density at radius 1 is 1.03 bits per heavy atom. The van der Waals surface area contributed by atoms with Gasteiger partial charge in [0.25, 0.3) is 0 Å². The van der Waals surface area contributed by atoms with Gasteiger partial charge in [-0.05, 0) is 32.0 Å². The van der Waals surface area contributed by atoms with Gasteiger partial charge >= 0.3 is 0 Å². The predicted octanol–water partition coefficient (Wildman–Crippen LogP) is 2.75. The van der Waals surface area contributed by atoms with Crippen molar-refractivity contribution in [3.63, 3.8) is 0 Å². The molecule has 0 atom stereocenters. The molecule has 6 nitrogen and oxygen atoms in total. The SMILES string of the molecule is CCNC(=NCc1cccnc1N1CCN(C)CC1)NCCc1ccccc1.I. The van der Waals surface area contributed by atoms with E-state index in [-0.39, 0.29) is 24.0 Å². The van der Waals surface area contributed by atoms with Crippen LogP contribution in [0.15, 0.2) is 53.7 Å². The third-order valence-corrected chi connectivity index (χ3v) is 4.97. The highest BCUT2D eigenvalue weighted by Crippen LogP contribution is 2.19. The Labute approximate surface area is 191 Å². The Balaban J connectivity index is 0.00000300. The average Bonchev–Trinajstić information content (AvgIpc) is 2.74. The van der Waals surface area contributed by atoms with E-state index in [0.717, 1.165) is 57.5 Å². The molecule has 2 aromatic rings. The molecule has 0 saturated carbocycles. The molecule has 3 rings (SSSR count). The number of hydrogen-bond donors (Lipinski definition) is 2. The van der Waals surface area contributed by atoms with E-state index in [2.05, 4.69) is 69.7 Å². The third-order valence-electron chi connectivity index (χ3n) is 4.97. The third kappa shape index (κ3) is 7.47. The zero-order valence-corrected chi connectivity index (χ0v) is 19.8. The molecule has 158 valence electrons. The number of pyridine rings is 1. The van der Waals surface area contributed by atoms with Gasteiger partial charge in [0.05, 0.1) is 6.54 Å². The van der Waals surface area contributed by atoms with E-state index in [4.69, 9.17) is 4.99 Å². The van der Waals surface area contributed by atoms with Gasteiger partial charge in [0.1, 0.15) is 5.82 Å². The maximum absolute atomic E-state index is 4.80. The van der Waals surface area contributed by atoms with E-state index in [1.807, 2.05) is 18.3 Å². The zero-order chi connectivity index (χ0) is 19.6. The number of rotatable bonds is 7. The highest BCUT2D eigenvalue weighted by Gasteiger charge is 2.17. The quantitative estimate of drug-likeness (QED) is 0.342. The molecule has 0 bridgehead atoms. The Bertz CT molecular complexity index is 744. The molecular weight excluding hydrogens is 475 g/mol. The van der Waals surface area contributed by atoms with Crippen molar-refractivity contribution >= 4 is 35.8 Å². The first-order valence-corrected chi connectivity index (χ1v) is 10.2. The fraction of sp³-hybridized carbons (Fsp3) is 0.455. The summed E-state index contributed by atoms with van der Waals surface area (Å²) < 4.78 is 0. The summed E-state index contributed by atoms with van der Waals surface area (Å²) in [4.78, 5) is 14.2. The van der Waals surface area contributed by atoms with Crippen molar-refractivity contribution < 1.29 is 0 Å². The van der Waals surface area contributed by atoms with Crippen molar-refractivity contribution in [1.29, 1.82) is 0 Å². The van der Waals surface area contributed by atoms with Gasteiger partial charge in [0.15, 0.2) is 5.96 Å². The predicted molar refractivity (Wildman–Crippen MR) is 132 cm³/mol. The Kier molecular flexibility index (Phi) is 10.2. The van der Waals surface area contributed by atoms with Crippen molar-refractivity contribution in [2.75, 3.05) is 51.2 Å². The Morgan fingerprint density at radius 3 is 2.52 bits per heavy atom. The summed E-state index contributed by atoms with van der Waals surface area (Å²) in [6, 6.07) is 14.7. The number of hydrogen-bond acceptors (Lipinski definition) is 4. The van der Waals surface area contributed by atoms with Crippen LogP contribution in [-0.4, -0.2) is 62.2 Å². The molecule has 1 saturated heterocycles. The molecule has 0 radical (unpaired) electrons. The molecule has 1 aliphatic rings. The molecule has 1 aromatic heterocycles. The largest absolute Gasteiger partial charge is 0.357 e. The monoisotopic (exact) mass is 508 g/mol. The normalized spacial score (nSPS) is 15.0. The van der Waals surface area contributed by atoms with Gasteiger partial charge in [-0.2, -0.15) is 0 Å². The first-order chi connectivity index (χ1) is 13.8. The lowest BCUT2D eigenvalue weighted by atomic mass is 10.1. The van der Waals surface area contributed by atoms with Crippen LogP contribution in [-0.2, 0) is 13.0 Å². The molecular formula is C22H33IN6. The summed E-state index contributed by atoms with van der Waals surface area (Å²) in [6.45, 7) is 8.58. The number of nitrogens with zero attached hydrogens (tertiary/aromatic N) is 4. The van der Waals surface area contributed by atoms with E-state index in [1.165, 1.54) is 11.1 Å². The van der Waals surface area contributed by atoms with Crippen LogP contribution in [0.25, 0.3) is 0 Å². The van der Waals surface area contributed by atoms with Crippen LogP contribution in [0.1, 0.15) is 18.1 Å². The number of aliphatic imine (C=N–C) groups is 1. The summed E-state index contributed by atoms with van der Waals surface area (Å²) in [7, 11) is 2.17.